The van der Waals surface area contributed by atoms with Crippen LogP contribution in [0.2, 0.25) is 0 Å². The van der Waals surface area contributed by atoms with E-state index in [2.05, 4.69) is 20.4 Å². The molecule has 8 heavy (non-hydrogen) atoms. The van der Waals surface area contributed by atoms with Crippen LogP contribution in [0.5, 0.6) is 0 Å². The molecule has 0 aromatic carbocycles. The molecule has 2 unspecified atom stereocenters. The zero-order valence-electron chi connectivity index (χ0n) is 5.78. The third kappa shape index (κ3) is 0.683. The Bertz CT molecular complexity index is 90.6. The average molecular weight is 110 g/mol. The second-order valence-electron chi connectivity index (χ2n) is 2.60. The largest absolute Gasteiger partial charge is 0.0993 e. The summed E-state index contributed by atoms with van der Waals surface area (Å²) in [6.45, 7) is 8.45. The average Bonchev–Trinajstić information content (AvgIpc) is 2.40. The smallest absolute Gasteiger partial charge is 0.0140 e. The summed E-state index contributed by atoms with van der Waals surface area (Å²) < 4.78 is 0. The lowest BCUT2D eigenvalue weighted by molar-refractivity contribution is 0.663. The number of rotatable bonds is 2. The second kappa shape index (κ2) is 1.93. The Balaban J connectivity index is 2.34. The normalized spacial score (nSPS) is 35.5. The first kappa shape index (κ1) is 5.87. The number of hydrogen-bond acceptors (Lipinski definition) is 0. The Kier molecular flexibility index (Phi) is 1.41. The highest BCUT2D eigenvalue weighted by atomic mass is 14.4. The molecule has 1 rings (SSSR count). The standard InChI is InChI=1S/C8H14/c1-4-7-6(3)8(7)5-2/h7-8H,3-5H2,1-2H3. The van der Waals surface area contributed by atoms with E-state index in [0.717, 1.165) is 11.8 Å². The van der Waals surface area contributed by atoms with Gasteiger partial charge in [0.15, 0.2) is 0 Å². The molecule has 1 fully saturated rings. The molecule has 1 saturated carbocycles. The van der Waals surface area contributed by atoms with Crippen molar-refractivity contribution in [3.05, 3.63) is 12.2 Å². The topological polar surface area (TPSA) is 0 Å². The van der Waals surface area contributed by atoms with Crippen LogP contribution in [0.4, 0.5) is 0 Å². The summed E-state index contributed by atoms with van der Waals surface area (Å²) in [6, 6.07) is 0. The summed E-state index contributed by atoms with van der Waals surface area (Å²) >= 11 is 0. The van der Waals surface area contributed by atoms with Gasteiger partial charge in [-0.25, -0.2) is 0 Å². The molecule has 0 aliphatic heterocycles. The molecule has 1 aliphatic carbocycles. The van der Waals surface area contributed by atoms with Gasteiger partial charge in [-0.1, -0.05) is 26.0 Å². The Labute approximate surface area is 51.6 Å². The van der Waals surface area contributed by atoms with E-state index in [1.54, 1.807) is 0 Å². The Morgan fingerprint density at radius 1 is 1.25 bits per heavy atom. The fraction of sp³-hybridized carbons (Fsp3) is 0.750. The van der Waals surface area contributed by atoms with Gasteiger partial charge in [0.25, 0.3) is 0 Å². The molecular formula is C8H14. The molecule has 1 aliphatic rings. The summed E-state index contributed by atoms with van der Waals surface area (Å²) in [5, 5.41) is 0. The summed E-state index contributed by atoms with van der Waals surface area (Å²) in [6.07, 6.45) is 2.61. The van der Waals surface area contributed by atoms with E-state index in [-0.39, 0.29) is 0 Å². The van der Waals surface area contributed by atoms with E-state index >= 15 is 0 Å². The first-order chi connectivity index (χ1) is 3.81. The van der Waals surface area contributed by atoms with Crippen molar-refractivity contribution in [1.29, 1.82) is 0 Å². The zero-order valence-corrected chi connectivity index (χ0v) is 5.78. The molecule has 0 radical (unpaired) electrons. The van der Waals surface area contributed by atoms with Crippen molar-refractivity contribution in [3.63, 3.8) is 0 Å². The minimum atomic E-state index is 0.889. The molecule has 46 valence electrons. The molecule has 0 heteroatoms. The number of allylic oxidation sites excluding steroid dienone is 1. The Morgan fingerprint density at radius 2 is 1.62 bits per heavy atom. The fourth-order valence-corrected chi connectivity index (χ4v) is 1.54. The van der Waals surface area contributed by atoms with Crippen LogP contribution >= 0.6 is 0 Å². The molecule has 0 aromatic rings. The Hall–Kier alpha value is -0.260. The minimum absolute atomic E-state index is 0.889. The van der Waals surface area contributed by atoms with Crippen LogP contribution in [-0.2, 0) is 0 Å². The highest BCUT2D eigenvalue weighted by Gasteiger charge is 2.38. The summed E-state index contributed by atoms with van der Waals surface area (Å²) in [5.41, 5.74) is 1.50. The van der Waals surface area contributed by atoms with Gasteiger partial charge in [-0.2, -0.15) is 0 Å². The maximum Gasteiger partial charge on any atom is -0.0140 e. The molecular weight excluding hydrogens is 96.1 g/mol. The van der Waals surface area contributed by atoms with Gasteiger partial charge in [-0.05, 0) is 24.7 Å². The van der Waals surface area contributed by atoms with E-state index in [0.29, 0.717) is 0 Å². The SMILES string of the molecule is C=C1C(CC)C1CC. The van der Waals surface area contributed by atoms with Gasteiger partial charge in [0, 0.05) is 0 Å². The molecule has 0 N–H and O–H groups in total. The van der Waals surface area contributed by atoms with Crippen molar-refractivity contribution in [2.75, 3.05) is 0 Å². The zero-order chi connectivity index (χ0) is 6.15. The molecule has 2 atom stereocenters. The maximum atomic E-state index is 3.97. The van der Waals surface area contributed by atoms with Crippen molar-refractivity contribution in [1.82, 2.24) is 0 Å². The highest BCUT2D eigenvalue weighted by molar-refractivity contribution is 5.24. The molecule has 0 nitrogen and oxygen atoms in total. The van der Waals surface area contributed by atoms with Gasteiger partial charge in [0.05, 0.1) is 0 Å². The van der Waals surface area contributed by atoms with Crippen LogP contribution < -0.4 is 0 Å². The minimum Gasteiger partial charge on any atom is -0.0993 e. The third-order valence-electron chi connectivity index (χ3n) is 2.21. The predicted molar refractivity (Wildman–Crippen MR) is 36.7 cm³/mol. The van der Waals surface area contributed by atoms with Crippen molar-refractivity contribution in [2.24, 2.45) is 11.8 Å². The van der Waals surface area contributed by atoms with Crippen LogP contribution in [0.1, 0.15) is 26.7 Å². The summed E-state index contributed by atoms with van der Waals surface area (Å²) in [7, 11) is 0. The number of hydrogen-bond donors (Lipinski definition) is 0. The van der Waals surface area contributed by atoms with E-state index in [1.165, 1.54) is 18.4 Å². The monoisotopic (exact) mass is 110 g/mol. The molecule has 0 amide bonds. The van der Waals surface area contributed by atoms with Gasteiger partial charge in [0.1, 0.15) is 0 Å². The molecule has 0 bridgehead atoms. The van der Waals surface area contributed by atoms with Crippen molar-refractivity contribution in [3.8, 4) is 0 Å². The van der Waals surface area contributed by atoms with E-state index in [1.807, 2.05) is 0 Å². The lowest BCUT2D eigenvalue weighted by atomic mass is 10.2. The third-order valence-corrected chi connectivity index (χ3v) is 2.21. The first-order valence-corrected chi connectivity index (χ1v) is 3.49. The second-order valence-corrected chi connectivity index (χ2v) is 2.60. The highest BCUT2D eigenvalue weighted by Crippen LogP contribution is 2.48. The molecule has 0 spiro atoms. The quantitative estimate of drug-likeness (QED) is 0.479. The van der Waals surface area contributed by atoms with E-state index < -0.39 is 0 Å². The van der Waals surface area contributed by atoms with Crippen LogP contribution in [0, 0.1) is 11.8 Å². The van der Waals surface area contributed by atoms with Crippen molar-refractivity contribution >= 4 is 0 Å². The van der Waals surface area contributed by atoms with Crippen LogP contribution in [0.25, 0.3) is 0 Å². The Morgan fingerprint density at radius 3 is 1.75 bits per heavy atom. The predicted octanol–water partition coefficient (Wildman–Crippen LogP) is 2.61. The van der Waals surface area contributed by atoms with Crippen LogP contribution in [-0.4, -0.2) is 0 Å². The van der Waals surface area contributed by atoms with Crippen LogP contribution in [0.15, 0.2) is 12.2 Å². The maximum absolute atomic E-state index is 3.97. The fourth-order valence-electron chi connectivity index (χ4n) is 1.54. The lowest BCUT2D eigenvalue weighted by Crippen LogP contribution is -1.74. The van der Waals surface area contributed by atoms with Gasteiger partial charge < -0.3 is 0 Å². The lowest BCUT2D eigenvalue weighted by Gasteiger charge is -1.83. The first-order valence-electron chi connectivity index (χ1n) is 3.49. The summed E-state index contributed by atoms with van der Waals surface area (Å²) in [5.74, 6) is 1.78. The van der Waals surface area contributed by atoms with Crippen molar-refractivity contribution < 1.29 is 0 Å². The molecule has 0 aromatic heterocycles. The summed E-state index contributed by atoms with van der Waals surface area (Å²) in [4.78, 5) is 0. The van der Waals surface area contributed by atoms with Crippen LogP contribution in [0.3, 0.4) is 0 Å². The van der Waals surface area contributed by atoms with Crippen molar-refractivity contribution in [2.45, 2.75) is 26.7 Å². The van der Waals surface area contributed by atoms with Gasteiger partial charge in [-0.15, -0.1) is 0 Å². The molecule has 0 heterocycles. The van der Waals surface area contributed by atoms with E-state index in [4.69, 9.17) is 0 Å². The van der Waals surface area contributed by atoms with Gasteiger partial charge >= 0.3 is 0 Å². The van der Waals surface area contributed by atoms with E-state index in [9.17, 15) is 0 Å². The van der Waals surface area contributed by atoms with Gasteiger partial charge in [0.2, 0.25) is 0 Å². The molecule has 0 saturated heterocycles. The van der Waals surface area contributed by atoms with Gasteiger partial charge in [-0.3, -0.25) is 0 Å².